The van der Waals surface area contributed by atoms with E-state index in [-0.39, 0.29) is 6.04 Å². The van der Waals surface area contributed by atoms with Crippen molar-refractivity contribution in [2.45, 2.75) is 10.9 Å². The molecule has 1 atom stereocenters. The first kappa shape index (κ1) is 14.7. The van der Waals surface area contributed by atoms with Gasteiger partial charge in [-0.1, -0.05) is 35.3 Å². The third-order valence-corrected chi connectivity index (χ3v) is 4.42. The Morgan fingerprint density at radius 1 is 1.05 bits per heavy atom. The monoisotopic (exact) mass is 311 g/mol. The molecule has 0 saturated heterocycles. The van der Waals surface area contributed by atoms with E-state index in [0.717, 1.165) is 15.8 Å². The van der Waals surface area contributed by atoms with Crippen molar-refractivity contribution in [3.8, 4) is 0 Å². The van der Waals surface area contributed by atoms with Crippen molar-refractivity contribution >= 4 is 35.0 Å². The lowest BCUT2D eigenvalue weighted by atomic mass is 10.1. The van der Waals surface area contributed by atoms with Crippen LogP contribution in [0.2, 0.25) is 10.0 Å². The summed E-state index contributed by atoms with van der Waals surface area (Å²) in [5.74, 6) is 0.943. The summed E-state index contributed by atoms with van der Waals surface area (Å²) in [5, 5.41) is 4.86. The average molecular weight is 312 g/mol. The Bertz CT molecular complexity index is 528. The van der Waals surface area contributed by atoms with Crippen LogP contribution < -0.4 is 5.32 Å². The van der Waals surface area contributed by atoms with Crippen molar-refractivity contribution < 1.29 is 0 Å². The molecule has 0 fully saturated rings. The van der Waals surface area contributed by atoms with Gasteiger partial charge < -0.3 is 5.32 Å². The number of halogens is 2. The molecule has 2 aromatic rings. The largest absolute Gasteiger partial charge is 0.312 e. The van der Waals surface area contributed by atoms with E-state index in [9.17, 15) is 0 Å². The third kappa shape index (κ3) is 4.43. The number of hydrogen-bond donors (Lipinski definition) is 1. The second-order valence-corrected chi connectivity index (χ2v) is 6.13. The van der Waals surface area contributed by atoms with Gasteiger partial charge in [-0.15, -0.1) is 11.8 Å². The molecule has 0 aliphatic carbocycles. The summed E-state index contributed by atoms with van der Waals surface area (Å²) < 4.78 is 0. The molecule has 100 valence electrons. The molecule has 2 aromatic carbocycles. The maximum absolute atomic E-state index is 6.03. The van der Waals surface area contributed by atoms with Crippen LogP contribution in [0.15, 0.2) is 53.4 Å². The molecule has 0 spiro atoms. The van der Waals surface area contributed by atoms with E-state index in [1.807, 2.05) is 49.5 Å². The number of hydrogen-bond acceptors (Lipinski definition) is 2. The molecule has 19 heavy (non-hydrogen) atoms. The first-order chi connectivity index (χ1) is 9.19. The topological polar surface area (TPSA) is 12.0 Å². The Labute approximate surface area is 128 Å². The summed E-state index contributed by atoms with van der Waals surface area (Å²) in [6, 6.07) is 16.2. The lowest BCUT2D eigenvalue weighted by Gasteiger charge is -2.16. The van der Waals surface area contributed by atoms with Crippen molar-refractivity contribution in [2.24, 2.45) is 0 Å². The van der Waals surface area contributed by atoms with E-state index >= 15 is 0 Å². The highest BCUT2D eigenvalue weighted by Crippen LogP contribution is 2.26. The summed E-state index contributed by atoms with van der Waals surface area (Å²) in [6.45, 7) is 0. The maximum atomic E-state index is 6.03. The lowest BCUT2D eigenvalue weighted by molar-refractivity contribution is 0.662. The molecule has 0 bridgehead atoms. The highest BCUT2D eigenvalue weighted by atomic mass is 35.5. The second kappa shape index (κ2) is 7.20. The molecule has 0 amide bonds. The van der Waals surface area contributed by atoms with E-state index < -0.39 is 0 Å². The van der Waals surface area contributed by atoms with Gasteiger partial charge in [0.2, 0.25) is 0 Å². The van der Waals surface area contributed by atoms with Crippen molar-refractivity contribution in [2.75, 3.05) is 12.8 Å². The second-order valence-electron chi connectivity index (χ2n) is 4.16. The zero-order valence-corrected chi connectivity index (χ0v) is 12.9. The molecule has 0 heterocycles. The average Bonchev–Trinajstić information content (AvgIpc) is 2.42. The van der Waals surface area contributed by atoms with Crippen LogP contribution >= 0.6 is 35.0 Å². The van der Waals surface area contributed by atoms with Crippen LogP contribution in [-0.2, 0) is 0 Å². The fraction of sp³-hybridized carbons (Fsp3) is 0.200. The van der Waals surface area contributed by atoms with Crippen molar-refractivity contribution in [1.82, 2.24) is 5.32 Å². The minimum absolute atomic E-state index is 0.277. The Balaban J connectivity index is 2.01. The zero-order valence-electron chi connectivity index (χ0n) is 10.6. The predicted octanol–water partition coefficient (Wildman–Crippen LogP) is 5.05. The highest BCUT2D eigenvalue weighted by molar-refractivity contribution is 7.99. The SMILES string of the molecule is CNC(CSc1ccc(Cl)cc1)c1cccc(Cl)c1. The molecule has 1 N–H and O–H groups in total. The van der Waals surface area contributed by atoms with Crippen molar-refractivity contribution in [1.29, 1.82) is 0 Å². The summed E-state index contributed by atoms with van der Waals surface area (Å²) >= 11 is 13.7. The molecule has 0 radical (unpaired) electrons. The van der Waals surface area contributed by atoms with Crippen LogP contribution in [0.25, 0.3) is 0 Å². The molecule has 1 nitrogen and oxygen atoms in total. The van der Waals surface area contributed by atoms with Crippen LogP contribution in [0.1, 0.15) is 11.6 Å². The first-order valence-corrected chi connectivity index (χ1v) is 7.74. The van der Waals surface area contributed by atoms with Gasteiger partial charge in [-0.25, -0.2) is 0 Å². The van der Waals surface area contributed by atoms with Gasteiger partial charge in [-0.05, 0) is 49.0 Å². The fourth-order valence-corrected chi connectivity index (χ4v) is 3.15. The quantitative estimate of drug-likeness (QED) is 0.776. The smallest absolute Gasteiger partial charge is 0.0413 e. The highest BCUT2D eigenvalue weighted by Gasteiger charge is 2.10. The minimum Gasteiger partial charge on any atom is -0.312 e. The van der Waals surface area contributed by atoms with Gasteiger partial charge in [0.05, 0.1) is 0 Å². The standard InChI is InChI=1S/C15H15Cl2NS/c1-18-15(11-3-2-4-13(17)9-11)10-19-14-7-5-12(16)6-8-14/h2-9,15,18H,10H2,1H3. The summed E-state index contributed by atoms with van der Waals surface area (Å²) in [5.41, 5.74) is 1.21. The van der Waals surface area contributed by atoms with E-state index in [0.29, 0.717) is 0 Å². The molecule has 0 saturated carbocycles. The van der Waals surface area contributed by atoms with Crippen LogP contribution in [-0.4, -0.2) is 12.8 Å². The van der Waals surface area contributed by atoms with Crippen molar-refractivity contribution in [3.63, 3.8) is 0 Å². The van der Waals surface area contributed by atoms with Crippen LogP contribution in [0.5, 0.6) is 0 Å². The van der Waals surface area contributed by atoms with Gasteiger partial charge in [-0.3, -0.25) is 0 Å². The van der Waals surface area contributed by atoms with Gasteiger partial charge in [0.25, 0.3) is 0 Å². The Kier molecular flexibility index (Phi) is 5.59. The number of nitrogens with one attached hydrogen (secondary N) is 1. The summed E-state index contributed by atoms with van der Waals surface area (Å²) in [4.78, 5) is 1.21. The molecule has 0 aromatic heterocycles. The van der Waals surface area contributed by atoms with E-state index in [1.54, 1.807) is 11.8 Å². The van der Waals surface area contributed by atoms with Crippen LogP contribution in [0.3, 0.4) is 0 Å². The van der Waals surface area contributed by atoms with E-state index in [2.05, 4.69) is 11.4 Å². The lowest BCUT2D eigenvalue weighted by Crippen LogP contribution is -2.18. The molecule has 2 rings (SSSR count). The van der Waals surface area contributed by atoms with Crippen molar-refractivity contribution in [3.05, 3.63) is 64.1 Å². The number of thioether (sulfide) groups is 1. The zero-order chi connectivity index (χ0) is 13.7. The normalized spacial score (nSPS) is 12.4. The fourth-order valence-electron chi connectivity index (χ4n) is 1.78. The van der Waals surface area contributed by atoms with Gasteiger partial charge in [0.15, 0.2) is 0 Å². The number of benzene rings is 2. The minimum atomic E-state index is 0.277. The predicted molar refractivity (Wildman–Crippen MR) is 85.4 cm³/mol. The van der Waals surface area contributed by atoms with E-state index in [4.69, 9.17) is 23.2 Å². The van der Waals surface area contributed by atoms with Gasteiger partial charge in [-0.2, -0.15) is 0 Å². The Hall–Kier alpha value is -0.670. The van der Waals surface area contributed by atoms with Crippen LogP contribution in [0, 0.1) is 0 Å². The van der Waals surface area contributed by atoms with Gasteiger partial charge in [0.1, 0.15) is 0 Å². The maximum Gasteiger partial charge on any atom is 0.0413 e. The molecular weight excluding hydrogens is 297 g/mol. The van der Waals surface area contributed by atoms with Crippen LogP contribution in [0.4, 0.5) is 0 Å². The molecule has 1 unspecified atom stereocenters. The number of rotatable bonds is 5. The third-order valence-electron chi connectivity index (χ3n) is 2.83. The molecular formula is C15H15Cl2NS. The van der Waals surface area contributed by atoms with E-state index in [1.165, 1.54) is 10.5 Å². The Morgan fingerprint density at radius 2 is 1.79 bits per heavy atom. The van der Waals surface area contributed by atoms with Gasteiger partial charge in [0, 0.05) is 26.7 Å². The molecule has 0 aliphatic rings. The Morgan fingerprint density at radius 3 is 2.42 bits per heavy atom. The van der Waals surface area contributed by atoms with Gasteiger partial charge >= 0.3 is 0 Å². The first-order valence-electron chi connectivity index (χ1n) is 6.00. The summed E-state index contributed by atoms with van der Waals surface area (Å²) in [6.07, 6.45) is 0. The summed E-state index contributed by atoms with van der Waals surface area (Å²) in [7, 11) is 1.97. The molecule has 4 heteroatoms. The molecule has 0 aliphatic heterocycles.